The maximum atomic E-state index is 5.48. The number of rotatable bonds is 6. The van der Waals surface area contributed by atoms with E-state index in [9.17, 15) is 0 Å². The number of hydrogen-bond donors (Lipinski definition) is 1. The van der Waals surface area contributed by atoms with Crippen molar-refractivity contribution >= 4 is 0 Å². The van der Waals surface area contributed by atoms with Crippen LogP contribution >= 0.6 is 0 Å². The minimum Gasteiger partial charge on any atom is -0.496 e. The summed E-state index contributed by atoms with van der Waals surface area (Å²) >= 11 is 0. The molecule has 114 valence electrons. The average Bonchev–Trinajstić information content (AvgIpc) is 2.72. The molecule has 1 aromatic heterocycles. The molecule has 0 fully saturated rings. The Morgan fingerprint density at radius 1 is 1.29 bits per heavy atom. The summed E-state index contributed by atoms with van der Waals surface area (Å²) in [4.78, 5) is 0. The Morgan fingerprint density at radius 3 is 2.57 bits per heavy atom. The van der Waals surface area contributed by atoms with Crippen molar-refractivity contribution in [1.29, 1.82) is 0 Å². The van der Waals surface area contributed by atoms with E-state index >= 15 is 0 Å². The number of aromatic nitrogens is 2. The van der Waals surface area contributed by atoms with Gasteiger partial charge in [0.05, 0.1) is 12.8 Å². The van der Waals surface area contributed by atoms with Crippen LogP contribution in [0.5, 0.6) is 5.75 Å². The Hall–Kier alpha value is -1.81. The minimum atomic E-state index is 0.250. The van der Waals surface area contributed by atoms with E-state index in [0.29, 0.717) is 0 Å². The molecule has 0 radical (unpaired) electrons. The number of methoxy groups -OCH3 is 1. The van der Waals surface area contributed by atoms with E-state index in [4.69, 9.17) is 4.74 Å². The van der Waals surface area contributed by atoms with Crippen LogP contribution < -0.4 is 10.1 Å². The van der Waals surface area contributed by atoms with Gasteiger partial charge in [-0.15, -0.1) is 0 Å². The van der Waals surface area contributed by atoms with E-state index in [1.54, 1.807) is 7.11 Å². The number of likely N-dealkylation sites (N-methyl/N-ethyl adjacent to an activating group) is 1. The number of aryl methyl sites for hydroxylation is 2. The minimum absolute atomic E-state index is 0.250. The van der Waals surface area contributed by atoms with Crippen molar-refractivity contribution in [3.63, 3.8) is 0 Å². The Morgan fingerprint density at radius 2 is 2.00 bits per heavy atom. The molecule has 0 aliphatic carbocycles. The lowest BCUT2D eigenvalue weighted by atomic mass is 9.96. The van der Waals surface area contributed by atoms with Gasteiger partial charge in [-0.1, -0.05) is 25.1 Å². The van der Waals surface area contributed by atoms with Crippen molar-refractivity contribution in [1.82, 2.24) is 15.1 Å². The molecule has 1 unspecified atom stereocenters. The highest BCUT2D eigenvalue weighted by Gasteiger charge is 2.21. The smallest absolute Gasteiger partial charge is 0.122 e. The average molecular weight is 287 g/mol. The van der Waals surface area contributed by atoms with Gasteiger partial charge in [0.2, 0.25) is 0 Å². The van der Waals surface area contributed by atoms with Gasteiger partial charge in [-0.2, -0.15) is 5.10 Å². The lowest BCUT2D eigenvalue weighted by Crippen LogP contribution is -2.24. The highest BCUT2D eigenvalue weighted by atomic mass is 16.5. The Bertz CT molecular complexity index is 604. The van der Waals surface area contributed by atoms with Gasteiger partial charge in [0.1, 0.15) is 5.75 Å². The van der Waals surface area contributed by atoms with Gasteiger partial charge in [0, 0.05) is 24.3 Å². The summed E-state index contributed by atoms with van der Waals surface area (Å²) in [5.74, 6) is 0.944. The maximum absolute atomic E-state index is 5.48. The Balaban J connectivity index is 2.35. The molecular formula is C17H25N3O. The number of para-hydroxylation sites is 1. The van der Waals surface area contributed by atoms with Crippen LogP contribution in [-0.2, 0) is 13.5 Å². The van der Waals surface area contributed by atoms with Crippen LogP contribution in [0.3, 0.4) is 0 Å². The summed E-state index contributed by atoms with van der Waals surface area (Å²) in [7, 11) is 3.72. The van der Waals surface area contributed by atoms with Gasteiger partial charge in [-0.25, -0.2) is 0 Å². The first-order valence-corrected chi connectivity index (χ1v) is 7.43. The van der Waals surface area contributed by atoms with Gasteiger partial charge < -0.3 is 10.1 Å². The number of benzene rings is 1. The van der Waals surface area contributed by atoms with E-state index in [2.05, 4.69) is 43.3 Å². The normalized spacial score (nSPS) is 12.4. The van der Waals surface area contributed by atoms with Crippen molar-refractivity contribution < 1.29 is 4.74 Å². The highest BCUT2D eigenvalue weighted by Crippen LogP contribution is 2.28. The van der Waals surface area contributed by atoms with Crippen LogP contribution in [0.15, 0.2) is 24.3 Å². The fourth-order valence-corrected chi connectivity index (χ4v) is 2.91. The molecule has 0 amide bonds. The van der Waals surface area contributed by atoms with Gasteiger partial charge in [0.15, 0.2) is 0 Å². The molecule has 2 rings (SSSR count). The first kappa shape index (κ1) is 15.6. The van der Waals surface area contributed by atoms with Crippen LogP contribution in [0.2, 0.25) is 0 Å². The largest absolute Gasteiger partial charge is 0.496 e. The Labute approximate surface area is 127 Å². The molecular weight excluding hydrogens is 262 g/mol. The van der Waals surface area contributed by atoms with Gasteiger partial charge >= 0.3 is 0 Å². The molecule has 0 saturated carbocycles. The van der Waals surface area contributed by atoms with E-state index in [-0.39, 0.29) is 6.04 Å². The number of hydrogen-bond acceptors (Lipinski definition) is 3. The molecule has 4 nitrogen and oxygen atoms in total. The van der Waals surface area contributed by atoms with Crippen LogP contribution in [0, 0.1) is 13.8 Å². The van der Waals surface area contributed by atoms with Crippen LogP contribution in [0.4, 0.5) is 0 Å². The summed E-state index contributed by atoms with van der Waals surface area (Å²) in [6.45, 7) is 7.26. The van der Waals surface area contributed by atoms with Crippen molar-refractivity contribution in [3.8, 4) is 5.75 Å². The fraction of sp³-hybridized carbons (Fsp3) is 0.471. The zero-order valence-electron chi connectivity index (χ0n) is 13.6. The molecule has 21 heavy (non-hydrogen) atoms. The number of nitrogens with zero attached hydrogens (tertiary/aromatic N) is 2. The molecule has 0 saturated heterocycles. The molecule has 0 aliphatic rings. The number of ether oxygens (including phenoxy) is 1. The third-order valence-electron chi connectivity index (χ3n) is 3.98. The van der Waals surface area contributed by atoms with E-state index in [1.807, 2.05) is 23.9 Å². The topological polar surface area (TPSA) is 39.1 Å². The van der Waals surface area contributed by atoms with Crippen molar-refractivity contribution in [3.05, 3.63) is 46.8 Å². The van der Waals surface area contributed by atoms with Gasteiger partial charge in [0.25, 0.3) is 0 Å². The molecule has 0 spiro atoms. The zero-order chi connectivity index (χ0) is 15.4. The zero-order valence-corrected chi connectivity index (χ0v) is 13.6. The van der Waals surface area contributed by atoms with Crippen molar-refractivity contribution in [2.24, 2.45) is 7.05 Å². The fourth-order valence-electron chi connectivity index (χ4n) is 2.91. The summed E-state index contributed by atoms with van der Waals surface area (Å²) in [6.07, 6.45) is 0.894. The Kier molecular flexibility index (Phi) is 5.02. The standard InChI is InChI=1S/C17H25N3O/c1-6-18-15(17-12(2)19-20(4)13(17)3)11-14-9-7-8-10-16(14)21-5/h7-10,15,18H,6,11H2,1-5H3. The summed E-state index contributed by atoms with van der Waals surface area (Å²) < 4.78 is 7.43. The highest BCUT2D eigenvalue weighted by molar-refractivity contribution is 5.37. The van der Waals surface area contributed by atoms with Crippen LogP contribution in [-0.4, -0.2) is 23.4 Å². The lowest BCUT2D eigenvalue weighted by Gasteiger charge is -2.20. The van der Waals surface area contributed by atoms with Gasteiger partial charge in [-0.3, -0.25) is 4.68 Å². The molecule has 0 aliphatic heterocycles. The second kappa shape index (κ2) is 6.76. The second-order valence-corrected chi connectivity index (χ2v) is 5.33. The molecule has 0 bridgehead atoms. The molecule has 2 aromatic rings. The molecule has 1 N–H and O–H groups in total. The monoisotopic (exact) mass is 287 g/mol. The lowest BCUT2D eigenvalue weighted by molar-refractivity contribution is 0.405. The maximum Gasteiger partial charge on any atom is 0.122 e. The predicted molar refractivity (Wildman–Crippen MR) is 85.8 cm³/mol. The van der Waals surface area contributed by atoms with E-state index in [1.165, 1.54) is 16.8 Å². The SMILES string of the molecule is CCNC(Cc1ccccc1OC)c1c(C)nn(C)c1C. The third-order valence-corrected chi connectivity index (χ3v) is 3.98. The van der Waals surface area contributed by atoms with Gasteiger partial charge in [-0.05, 0) is 38.4 Å². The molecule has 1 aromatic carbocycles. The first-order chi connectivity index (χ1) is 10.1. The predicted octanol–water partition coefficient (Wildman–Crippen LogP) is 2.94. The second-order valence-electron chi connectivity index (χ2n) is 5.33. The molecule has 4 heteroatoms. The number of nitrogens with one attached hydrogen (secondary N) is 1. The van der Waals surface area contributed by atoms with E-state index in [0.717, 1.165) is 24.4 Å². The van der Waals surface area contributed by atoms with Crippen LogP contribution in [0.25, 0.3) is 0 Å². The molecule has 1 heterocycles. The van der Waals surface area contributed by atoms with Crippen molar-refractivity contribution in [2.75, 3.05) is 13.7 Å². The first-order valence-electron chi connectivity index (χ1n) is 7.43. The van der Waals surface area contributed by atoms with Crippen LogP contribution in [0.1, 0.15) is 35.5 Å². The van der Waals surface area contributed by atoms with Crippen molar-refractivity contribution in [2.45, 2.75) is 33.2 Å². The summed E-state index contributed by atoms with van der Waals surface area (Å²) in [5.41, 5.74) is 4.82. The third kappa shape index (κ3) is 3.27. The summed E-state index contributed by atoms with van der Waals surface area (Å²) in [6, 6.07) is 8.46. The quantitative estimate of drug-likeness (QED) is 0.888. The summed E-state index contributed by atoms with van der Waals surface area (Å²) in [5, 5.41) is 8.13. The molecule has 1 atom stereocenters. The van der Waals surface area contributed by atoms with E-state index < -0.39 is 0 Å².